The summed E-state index contributed by atoms with van der Waals surface area (Å²) < 4.78 is 39.5. The smallest absolute Gasteiger partial charge is 0.344 e. The zero-order valence-corrected chi connectivity index (χ0v) is 19.8. The standard InChI is InChI=1S/C27H29F2NO3/c1-16(2)33-26(31)15-32-25-11-10-23(29)27(19(25)5)30(6)24-14-21(12-17(3)18(24)4)20-8-7-9-22(28)13-20/h7-14,16H,15H2,1-6H3. The van der Waals surface area contributed by atoms with Crippen LogP contribution in [0.2, 0.25) is 0 Å². The van der Waals surface area contributed by atoms with E-state index in [0.29, 0.717) is 17.0 Å². The van der Waals surface area contributed by atoms with E-state index in [4.69, 9.17) is 9.47 Å². The molecule has 6 heteroatoms. The molecule has 0 fully saturated rings. The van der Waals surface area contributed by atoms with Crippen molar-refractivity contribution in [2.75, 3.05) is 18.6 Å². The minimum atomic E-state index is -0.488. The van der Waals surface area contributed by atoms with Crippen molar-refractivity contribution in [3.05, 3.63) is 76.9 Å². The van der Waals surface area contributed by atoms with Crippen LogP contribution in [0.1, 0.15) is 30.5 Å². The summed E-state index contributed by atoms with van der Waals surface area (Å²) in [6.07, 6.45) is -0.242. The molecule has 0 saturated heterocycles. The molecule has 3 aromatic rings. The number of halogens is 2. The van der Waals surface area contributed by atoms with Gasteiger partial charge in [0.1, 0.15) is 17.4 Å². The summed E-state index contributed by atoms with van der Waals surface area (Å²) in [6.45, 7) is 8.94. The second-order valence-corrected chi connectivity index (χ2v) is 8.35. The van der Waals surface area contributed by atoms with Crippen LogP contribution in [0, 0.1) is 32.4 Å². The van der Waals surface area contributed by atoms with E-state index < -0.39 is 11.8 Å². The first kappa shape index (κ1) is 24.2. The molecule has 0 aromatic heterocycles. The van der Waals surface area contributed by atoms with Gasteiger partial charge in [0.05, 0.1) is 11.8 Å². The number of esters is 1. The first-order chi connectivity index (χ1) is 15.6. The monoisotopic (exact) mass is 453 g/mol. The Labute approximate surface area is 193 Å². The number of rotatable bonds is 7. The van der Waals surface area contributed by atoms with Crippen molar-refractivity contribution in [3.63, 3.8) is 0 Å². The van der Waals surface area contributed by atoms with Crippen LogP contribution in [0.3, 0.4) is 0 Å². The molecule has 0 spiro atoms. The predicted molar refractivity (Wildman–Crippen MR) is 127 cm³/mol. The van der Waals surface area contributed by atoms with Crippen molar-refractivity contribution in [1.29, 1.82) is 0 Å². The molecule has 0 unspecified atom stereocenters. The predicted octanol–water partition coefficient (Wildman–Crippen LogP) is 6.66. The fraction of sp³-hybridized carbons (Fsp3) is 0.296. The number of anilines is 2. The Morgan fingerprint density at radius 2 is 1.70 bits per heavy atom. The van der Waals surface area contributed by atoms with E-state index in [9.17, 15) is 9.18 Å². The van der Waals surface area contributed by atoms with Crippen LogP contribution in [0.4, 0.5) is 20.2 Å². The minimum Gasteiger partial charge on any atom is -0.482 e. The number of ether oxygens (including phenoxy) is 2. The van der Waals surface area contributed by atoms with Gasteiger partial charge in [-0.1, -0.05) is 18.2 Å². The first-order valence-electron chi connectivity index (χ1n) is 10.8. The lowest BCUT2D eigenvalue weighted by molar-refractivity contribution is -0.149. The van der Waals surface area contributed by atoms with Gasteiger partial charge in [-0.25, -0.2) is 13.6 Å². The second-order valence-electron chi connectivity index (χ2n) is 8.35. The minimum absolute atomic E-state index is 0.242. The van der Waals surface area contributed by atoms with Crippen LogP contribution in [-0.4, -0.2) is 25.7 Å². The normalized spacial score (nSPS) is 10.9. The van der Waals surface area contributed by atoms with Crippen LogP contribution < -0.4 is 9.64 Å². The highest BCUT2D eigenvalue weighted by molar-refractivity contribution is 5.78. The van der Waals surface area contributed by atoms with E-state index in [1.807, 2.05) is 32.0 Å². The molecule has 0 aliphatic rings. The Morgan fingerprint density at radius 3 is 2.36 bits per heavy atom. The first-order valence-corrected chi connectivity index (χ1v) is 10.8. The molecule has 3 rings (SSSR count). The van der Waals surface area contributed by atoms with Crippen molar-refractivity contribution in [1.82, 2.24) is 0 Å². The molecular weight excluding hydrogens is 424 g/mol. The number of benzene rings is 3. The van der Waals surface area contributed by atoms with E-state index in [1.165, 1.54) is 24.3 Å². The summed E-state index contributed by atoms with van der Waals surface area (Å²) >= 11 is 0. The van der Waals surface area contributed by atoms with E-state index in [-0.39, 0.29) is 18.5 Å². The lowest BCUT2D eigenvalue weighted by Gasteiger charge is -2.26. The van der Waals surface area contributed by atoms with Gasteiger partial charge in [-0.15, -0.1) is 0 Å². The Kier molecular flexibility index (Phi) is 7.36. The molecule has 0 aliphatic heterocycles. The van der Waals surface area contributed by atoms with Crippen LogP contribution in [0.15, 0.2) is 48.5 Å². The zero-order valence-electron chi connectivity index (χ0n) is 19.8. The van der Waals surface area contributed by atoms with Crippen LogP contribution in [-0.2, 0) is 9.53 Å². The van der Waals surface area contributed by atoms with Gasteiger partial charge < -0.3 is 14.4 Å². The second kappa shape index (κ2) is 10.0. The van der Waals surface area contributed by atoms with Crippen molar-refractivity contribution in [2.45, 2.75) is 40.7 Å². The fourth-order valence-corrected chi connectivity index (χ4v) is 3.79. The summed E-state index contributed by atoms with van der Waals surface area (Å²) in [5.41, 5.74) is 5.23. The number of hydrogen-bond acceptors (Lipinski definition) is 4. The van der Waals surface area contributed by atoms with Gasteiger partial charge in [0.25, 0.3) is 0 Å². The Bertz CT molecular complexity index is 1170. The highest BCUT2D eigenvalue weighted by Crippen LogP contribution is 2.38. The SMILES string of the molecule is Cc1cc(-c2cccc(F)c2)cc(N(C)c2c(F)ccc(OCC(=O)OC(C)C)c2C)c1C. The molecule has 0 amide bonds. The number of carbonyl (C=O) groups excluding carboxylic acids is 1. The van der Waals surface area contributed by atoms with Crippen LogP contribution in [0.25, 0.3) is 11.1 Å². The lowest BCUT2D eigenvalue weighted by atomic mass is 9.97. The van der Waals surface area contributed by atoms with Gasteiger partial charge in [-0.05, 0) is 87.2 Å². The van der Waals surface area contributed by atoms with Crippen molar-refractivity contribution in [2.24, 2.45) is 0 Å². The maximum absolute atomic E-state index is 15.0. The molecule has 0 N–H and O–H groups in total. The topological polar surface area (TPSA) is 38.8 Å². The average molecular weight is 454 g/mol. The molecule has 3 aromatic carbocycles. The van der Waals surface area contributed by atoms with Gasteiger partial charge in [0.2, 0.25) is 0 Å². The molecule has 0 aliphatic carbocycles. The van der Waals surface area contributed by atoms with Gasteiger partial charge >= 0.3 is 5.97 Å². The third-order valence-electron chi connectivity index (χ3n) is 5.54. The van der Waals surface area contributed by atoms with Crippen LogP contribution >= 0.6 is 0 Å². The quantitative estimate of drug-likeness (QED) is 0.375. The Morgan fingerprint density at radius 1 is 0.970 bits per heavy atom. The Balaban J connectivity index is 1.99. The van der Waals surface area contributed by atoms with Gasteiger partial charge in [0.15, 0.2) is 6.61 Å². The zero-order chi connectivity index (χ0) is 24.3. The molecule has 33 heavy (non-hydrogen) atoms. The van der Waals surface area contributed by atoms with Gasteiger partial charge in [0, 0.05) is 18.3 Å². The molecule has 4 nitrogen and oxygen atoms in total. The number of hydrogen-bond donors (Lipinski definition) is 0. The van der Waals surface area contributed by atoms with E-state index in [2.05, 4.69) is 0 Å². The third kappa shape index (κ3) is 5.51. The summed E-state index contributed by atoms with van der Waals surface area (Å²) in [4.78, 5) is 13.6. The molecular formula is C27H29F2NO3. The number of nitrogens with zero attached hydrogens (tertiary/aromatic N) is 1. The third-order valence-corrected chi connectivity index (χ3v) is 5.54. The molecule has 0 radical (unpaired) electrons. The van der Waals surface area contributed by atoms with Crippen molar-refractivity contribution in [3.8, 4) is 16.9 Å². The van der Waals surface area contributed by atoms with E-state index >= 15 is 4.39 Å². The summed E-state index contributed by atoms with van der Waals surface area (Å²) in [7, 11) is 1.78. The lowest BCUT2D eigenvalue weighted by Crippen LogP contribution is -2.20. The highest BCUT2D eigenvalue weighted by atomic mass is 19.1. The maximum Gasteiger partial charge on any atom is 0.344 e. The fourth-order valence-electron chi connectivity index (χ4n) is 3.79. The summed E-state index contributed by atoms with van der Waals surface area (Å²) in [5.74, 6) is -0.823. The Hall–Kier alpha value is -3.41. The van der Waals surface area contributed by atoms with E-state index in [1.54, 1.807) is 38.8 Å². The van der Waals surface area contributed by atoms with Gasteiger partial charge in [-0.2, -0.15) is 0 Å². The molecule has 174 valence electrons. The van der Waals surface area contributed by atoms with Gasteiger partial charge in [-0.3, -0.25) is 0 Å². The number of aryl methyl sites for hydroxylation is 1. The molecule has 0 atom stereocenters. The van der Waals surface area contributed by atoms with Crippen LogP contribution in [0.5, 0.6) is 5.75 Å². The summed E-state index contributed by atoms with van der Waals surface area (Å²) in [5, 5.41) is 0. The largest absolute Gasteiger partial charge is 0.482 e. The average Bonchev–Trinajstić information content (AvgIpc) is 2.74. The van der Waals surface area contributed by atoms with E-state index in [0.717, 1.165) is 27.9 Å². The summed E-state index contributed by atoms with van der Waals surface area (Å²) in [6, 6.07) is 13.1. The van der Waals surface area contributed by atoms with Crippen molar-refractivity contribution >= 4 is 17.3 Å². The molecule has 0 heterocycles. The number of carbonyl (C=O) groups is 1. The maximum atomic E-state index is 15.0. The molecule has 0 saturated carbocycles. The van der Waals surface area contributed by atoms with Crippen molar-refractivity contribution < 1.29 is 23.0 Å². The highest BCUT2D eigenvalue weighted by Gasteiger charge is 2.20. The molecule has 0 bridgehead atoms.